The van der Waals surface area contributed by atoms with Gasteiger partial charge < -0.3 is 25.2 Å². The van der Waals surface area contributed by atoms with Crippen LogP contribution in [-0.2, 0) is 10.3 Å². The molecule has 0 saturated carbocycles. The van der Waals surface area contributed by atoms with Crippen LogP contribution >= 0.6 is 34.8 Å². The highest BCUT2D eigenvalue weighted by Crippen LogP contribution is 2.43. The van der Waals surface area contributed by atoms with Gasteiger partial charge in [0.15, 0.2) is 17.2 Å². The quantitative estimate of drug-likeness (QED) is 0.141. The lowest BCUT2D eigenvalue weighted by Crippen LogP contribution is -2.57. The third kappa shape index (κ3) is 5.76. The van der Waals surface area contributed by atoms with Crippen LogP contribution in [0.3, 0.4) is 0 Å². The van der Waals surface area contributed by atoms with Crippen molar-refractivity contribution in [3.05, 3.63) is 119 Å². The molecular weight excluding hydrogens is 537 g/mol. The van der Waals surface area contributed by atoms with Gasteiger partial charge in [0.25, 0.3) is 0 Å². The summed E-state index contributed by atoms with van der Waals surface area (Å²) in [6.45, 7) is -0.707. The van der Waals surface area contributed by atoms with Crippen LogP contribution in [0.4, 0.5) is 0 Å². The molecule has 6 nitrogen and oxygen atoms in total. The van der Waals surface area contributed by atoms with Crippen molar-refractivity contribution >= 4 is 34.8 Å². The Morgan fingerprint density at radius 3 is 1.54 bits per heavy atom. The summed E-state index contributed by atoms with van der Waals surface area (Å²) in [7, 11) is 0. The Hall–Kier alpha value is -2.29. The van der Waals surface area contributed by atoms with Crippen molar-refractivity contribution < 1.29 is 25.2 Å². The topological polar surface area (TPSA) is 102 Å². The predicted molar refractivity (Wildman–Crippen MR) is 145 cm³/mol. The van der Waals surface area contributed by atoms with Crippen LogP contribution in [0.5, 0.6) is 0 Å². The summed E-state index contributed by atoms with van der Waals surface area (Å²) in [5, 5.41) is 46.4. The number of alkyl halides is 3. The number of aliphatic hydroxyl groups excluding tert-OH is 2. The fourth-order valence-electron chi connectivity index (χ4n) is 4.60. The highest BCUT2D eigenvalue weighted by Gasteiger charge is 2.51. The fraction of sp³-hybridized carbons (Fsp3) is 0.286. The van der Waals surface area contributed by atoms with Crippen LogP contribution in [0.2, 0.25) is 0 Å². The zero-order valence-corrected chi connectivity index (χ0v) is 22.1. The number of hydrogen-bond donors (Lipinski definition) is 5. The Kier molecular flexibility index (Phi) is 8.12. The lowest BCUT2D eigenvalue weighted by Gasteiger charge is -2.43. The Bertz CT molecular complexity index is 1120. The lowest BCUT2D eigenvalue weighted by atomic mass is 9.79. The molecule has 37 heavy (non-hydrogen) atoms. The molecule has 0 fully saturated rings. The molecule has 0 heterocycles. The van der Waals surface area contributed by atoms with Crippen LogP contribution in [0, 0.1) is 0 Å². The maximum atomic E-state index is 11.5. The number of rotatable bonds is 8. The third-order valence-electron chi connectivity index (χ3n) is 6.61. The first kappa shape index (κ1) is 27.7. The number of hydrogen-bond acceptors (Lipinski definition) is 6. The number of aliphatic hydroxyl groups is 4. The average molecular weight is 565 g/mol. The molecule has 2 atom stereocenters. The SMILES string of the molecule is OC1=C(O)C(O)(NCC(Cl)(Cl)Cl)CCC1(O)COC(c1ccccc1)(c1ccccc1)c1ccccc1. The summed E-state index contributed by atoms with van der Waals surface area (Å²) in [4.78, 5) is 0. The summed E-state index contributed by atoms with van der Waals surface area (Å²) in [6.07, 6.45) is -0.334. The van der Waals surface area contributed by atoms with E-state index in [2.05, 4.69) is 5.32 Å². The molecule has 3 aromatic rings. The smallest absolute Gasteiger partial charge is 0.202 e. The van der Waals surface area contributed by atoms with Crippen molar-refractivity contribution in [3.63, 3.8) is 0 Å². The largest absolute Gasteiger partial charge is 0.506 e. The number of benzene rings is 3. The highest BCUT2D eigenvalue weighted by atomic mass is 35.6. The highest BCUT2D eigenvalue weighted by molar-refractivity contribution is 6.67. The first-order valence-electron chi connectivity index (χ1n) is 11.7. The standard InChI is InChI=1S/C28H28Cl3NO5/c29-27(30,31)18-32-26(36)17-16-25(35,23(33)24(26)34)19-37-28(20-10-4-1-5-11-20,21-12-6-2-7-13-21)22-14-8-3-9-15-22/h1-15,32-36H,16-19H2. The molecule has 4 rings (SSSR count). The Balaban J connectivity index is 1.75. The Labute approximate surface area is 230 Å². The maximum Gasteiger partial charge on any atom is 0.202 e. The molecule has 0 aromatic heterocycles. The van der Waals surface area contributed by atoms with E-state index in [1.807, 2.05) is 91.0 Å². The van der Waals surface area contributed by atoms with Crippen molar-refractivity contribution in [2.24, 2.45) is 0 Å². The normalized spacial score (nSPS) is 22.7. The van der Waals surface area contributed by atoms with Gasteiger partial charge >= 0.3 is 0 Å². The molecule has 1 aliphatic rings. The van der Waals surface area contributed by atoms with E-state index in [-0.39, 0.29) is 19.4 Å². The zero-order chi connectivity index (χ0) is 26.7. The van der Waals surface area contributed by atoms with Crippen molar-refractivity contribution in [2.45, 2.75) is 33.6 Å². The minimum atomic E-state index is -2.09. The van der Waals surface area contributed by atoms with E-state index in [4.69, 9.17) is 39.5 Å². The van der Waals surface area contributed by atoms with Gasteiger partial charge in [0, 0.05) is 13.0 Å². The van der Waals surface area contributed by atoms with Crippen LogP contribution in [0.15, 0.2) is 103 Å². The van der Waals surface area contributed by atoms with E-state index in [1.165, 1.54) is 0 Å². The summed E-state index contributed by atoms with van der Waals surface area (Å²) < 4.78 is 4.86. The summed E-state index contributed by atoms with van der Waals surface area (Å²) in [5.41, 5.74) is -2.82. The van der Waals surface area contributed by atoms with E-state index in [1.54, 1.807) is 0 Å². The molecule has 1 aliphatic carbocycles. The number of halogens is 3. The third-order valence-corrected chi connectivity index (χ3v) is 7.01. The summed E-state index contributed by atoms with van der Waals surface area (Å²) in [6, 6.07) is 28.6. The van der Waals surface area contributed by atoms with Gasteiger partial charge in [-0.25, -0.2) is 0 Å². The molecule has 0 amide bonds. The van der Waals surface area contributed by atoms with Gasteiger partial charge in [0.05, 0.1) is 6.61 Å². The first-order chi connectivity index (χ1) is 17.5. The molecule has 0 spiro atoms. The summed E-state index contributed by atoms with van der Waals surface area (Å²) in [5.74, 6) is -1.68. The fourth-order valence-corrected chi connectivity index (χ4v) is 4.80. The lowest BCUT2D eigenvalue weighted by molar-refractivity contribution is -0.125. The molecule has 9 heteroatoms. The van der Waals surface area contributed by atoms with Gasteiger partial charge in [0.1, 0.15) is 11.2 Å². The van der Waals surface area contributed by atoms with Crippen molar-refractivity contribution in [1.29, 1.82) is 0 Å². The van der Waals surface area contributed by atoms with E-state index in [0.717, 1.165) is 16.7 Å². The molecule has 196 valence electrons. The monoisotopic (exact) mass is 563 g/mol. The molecule has 5 N–H and O–H groups in total. The van der Waals surface area contributed by atoms with Gasteiger partial charge in [-0.2, -0.15) is 0 Å². The van der Waals surface area contributed by atoms with Gasteiger partial charge in [-0.1, -0.05) is 126 Å². The molecule has 0 bridgehead atoms. The Morgan fingerprint density at radius 1 is 0.703 bits per heavy atom. The maximum absolute atomic E-state index is 11.5. The summed E-state index contributed by atoms with van der Waals surface area (Å²) >= 11 is 17.3. The van der Waals surface area contributed by atoms with Gasteiger partial charge in [0.2, 0.25) is 3.79 Å². The van der Waals surface area contributed by atoms with Crippen LogP contribution < -0.4 is 5.32 Å². The molecule has 0 radical (unpaired) electrons. The second kappa shape index (κ2) is 10.8. The van der Waals surface area contributed by atoms with Crippen molar-refractivity contribution in [1.82, 2.24) is 5.32 Å². The van der Waals surface area contributed by atoms with Crippen LogP contribution in [0.1, 0.15) is 29.5 Å². The van der Waals surface area contributed by atoms with Crippen LogP contribution in [-0.4, -0.2) is 48.7 Å². The number of ether oxygens (including phenoxy) is 1. The number of nitrogens with one attached hydrogen (secondary N) is 1. The van der Waals surface area contributed by atoms with E-state index in [9.17, 15) is 20.4 Å². The van der Waals surface area contributed by atoms with Crippen molar-refractivity contribution in [3.8, 4) is 0 Å². The predicted octanol–water partition coefficient (Wildman–Crippen LogP) is 5.50. The minimum Gasteiger partial charge on any atom is -0.506 e. The molecule has 0 saturated heterocycles. The molecule has 2 unspecified atom stereocenters. The zero-order valence-electron chi connectivity index (χ0n) is 19.8. The van der Waals surface area contributed by atoms with E-state index < -0.39 is 38.8 Å². The molecular formula is C28H28Cl3NO5. The average Bonchev–Trinajstić information content (AvgIpc) is 2.91. The van der Waals surface area contributed by atoms with Crippen molar-refractivity contribution in [2.75, 3.05) is 13.2 Å². The molecule has 3 aromatic carbocycles. The second-order valence-electron chi connectivity index (χ2n) is 9.13. The Morgan fingerprint density at radius 2 is 1.14 bits per heavy atom. The van der Waals surface area contributed by atoms with E-state index in [0.29, 0.717) is 0 Å². The van der Waals surface area contributed by atoms with Crippen LogP contribution in [0.25, 0.3) is 0 Å². The second-order valence-corrected chi connectivity index (χ2v) is 11.6. The van der Waals surface area contributed by atoms with Gasteiger partial charge in [-0.05, 0) is 23.1 Å². The minimum absolute atomic E-state index is 0.152. The van der Waals surface area contributed by atoms with E-state index >= 15 is 0 Å². The first-order valence-corrected chi connectivity index (χ1v) is 12.8. The van der Waals surface area contributed by atoms with Gasteiger partial charge in [-0.3, -0.25) is 5.32 Å². The van der Waals surface area contributed by atoms with Gasteiger partial charge in [-0.15, -0.1) is 0 Å². The molecule has 0 aliphatic heterocycles.